The number of ether oxygens (including phenoxy) is 1. The molecule has 0 spiro atoms. The molecular formula is C25H33N3O5S. The molecule has 34 heavy (non-hydrogen) atoms. The highest BCUT2D eigenvalue weighted by Crippen LogP contribution is 2.31. The average Bonchev–Trinajstić information content (AvgIpc) is 3.21. The first kappa shape index (κ1) is 25.7. The summed E-state index contributed by atoms with van der Waals surface area (Å²) in [6.07, 6.45) is 1.30. The maximum Gasteiger partial charge on any atom is 0.242 e. The third-order valence-corrected chi connectivity index (χ3v) is 7.26. The first-order chi connectivity index (χ1) is 16.1. The number of methoxy groups -OCH3 is 1. The molecule has 0 radical (unpaired) electrons. The topological polar surface area (TPSA) is 105 Å². The van der Waals surface area contributed by atoms with Gasteiger partial charge in [-0.1, -0.05) is 26.8 Å². The molecule has 2 aromatic rings. The second-order valence-electron chi connectivity index (χ2n) is 8.94. The van der Waals surface area contributed by atoms with Gasteiger partial charge < -0.3 is 15.0 Å². The van der Waals surface area contributed by atoms with Crippen LogP contribution < -0.4 is 19.7 Å². The fraction of sp³-hybridized carbons (Fsp3) is 0.440. The molecule has 2 aromatic carbocycles. The second-order valence-corrected chi connectivity index (χ2v) is 10.6. The number of fused-ring (bicyclic) bond motifs is 1. The molecule has 1 aliphatic rings. The Morgan fingerprint density at radius 2 is 1.88 bits per heavy atom. The van der Waals surface area contributed by atoms with Gasteiger partial charge in [-0.3, -0.25) is 9.59 Å². The average molecular weight is 488 g/mol. The third kappa shape index (κ3) is 5.77. The lowest BCUT2D eigenvalue weighted by Crippen LogP contribution is -2.44. The maximum absolute atomic E-state index is 13.2. The van der Waals surface area contributed by atoms with Crippen molar-refractivity contribution in [2.24, 2.45) is 5.92 Å². The maximum atomic E-state index is 13.2. The highest BCUT2D eigenvalue weighted by Gasteiger charge is 2.30. The molecule has 0 bridgehead atoms. The van der Waals surface area contributed by atoms with E-state index in [1.54, 1.807) is 36.1 Å². The minimum absolute atomic E-state index is 0.00716. The number of carbonyl (C=O) groups excluding carboxylic acids is 2. The van der Waals surface area contributed by atoms with Gasteiger partial charge in [-0.05, 0) is 67.1 Å². The Kier molecular flexibility index (Phi) is 7.99. The Morgan fingerprint density at radius 3 is 2.53 bits per heavy atom. The number of nitrogens with zero attached hydrogens (tertiary/aromatic N) is 1. The molecule has 184 valence electrons. The van der Waals surface area contributed by atoms with Crippen LogP contribution in [0.3, 0.4) is 0 Å². The van der Waals surface area contributed by atoms with Gasteiger partial charge in [-0.25, -0.2) is 8.42 Å². The third-order valence-electron chi connectivity index (χ3n) is 5.79. The Bertz CT molecular complexity index is 1180. The van der Waals surface area contributed by atoms with Crippen molar-refractivity contribution < 1.29 is 22.7 Å². The summed E-state index contributed by atoms with van der Waals surface area (Å²) in [7, 11) is -2.47. The van der Waals surface area contributed by atoms with E-state index in [9.17, 15) is 18.0 Å². The number of benzene rings is 2. The molecule has 0 unspecified atom stereocenters. The van der Waals surface area contributed by atoms with E-state index in [0.717, 1.165) is 16.8 Å². The van der Waals surface area contributed by atoms with Crippen molar-refractivity contribution in [3.05, 3.63) is 47.5 Å². The zero-order chi connectivity index (χ0) is 25.0. The van der Waals surface area contributed by atoms with E-state index in [2.05, 4.69) is 10.0 Å². The van der Waals surface area contributed by atoms with Crippen LogP contribution in [-0.4, -0.2) is 39.9 Å². The van der Waals surface area contributed by atoms with Gasteiger partial charge in [0.05, 0.1) is 17.7 Å². The SMILES string of the molecule is CCC(=O)N1CCc2cc(S(=O)(=O)N[C@@H](CC(C)C)C(=O)Nc3cc(C)ccc3OC)ccc21. The molecule has 0 saturated heterocycles. The Morgan fingerprint density at radius 1 is 1.15 bits per heavy atom. The summed E-state index contributed by atoms with van der Waals surface area (Å²) >= 11 is 0. The first-order valence-corrected chi connectivity index (χ1v) is 12.9. The van der Waals surface area contributed by atoms with Crippen LogP contribution >= 0.6 is 0 Å². The molecule has 0 aromatic heterocycles. The van der Waals surface area contributed by atoms with Crippen molar-refractivity contribution in [2.75, 3.05) is 23.9 Å². The van der Waals surface area contributed by atoms with Gasteiger partial charge in [0.2, 0.25) is 21.8 Å². The Labute approximate surface area is 201 Å². The van der Waals surface area contributed by atoms with Crippen molar-refractivity contribution in [3.8, 4) is 5.75 Å². The summed E-state index contributed by atoms with van der Waals surface area (Å²) in [4.78, 5) is 27.0. The van der Waals surface area contributed by atoms with Crippen LogP contribution in [0.1, 0.15) is 44.7 Å². The lowest BCUT2D eigenvalue weighted by molar-refractivity contribution is -0.118. The fourth-order valence-electron chi connectivity index (χ4n) is 4.07. The largest absolute Gasteiger partial charge is 0.495 e. The number of rotatable bonds is 9. The van der Waals surface area contributed by atoms with Crippen LogP contribution in [0, 0.1) is 12.8 Å². The Balaban J connectivity index is 1.84. The molecular weight excluding hydrogens is 454 g/mol. The van der Waals surface area contributed by atoms with Gasteiger partial charge in [-0.15, -0.1) is 0 Å². The number of hydrogen-bond acceptors (Lipinski definition) is 5. The lowest BCUT2D eigenvalue weighted by Gasteiger charge is -2.21. The number of anilines is 2. The summed E-state index contributed by atoms with van der Waals surface area (Å²) in [6, 6.07) is 9.17. The smallest absolute Gasteiger partial charge is 0.242 e. The predicted octanol–water partition coefficient (Wildman–Crippen LogP) is 3.63. The number of hydrogen-bond donors (Lipinski definition) is 2. The first-order valence-electron chi connectivity index (χ1n) is 11.5. The molecule has 8 nitrogen and oxygen atoms in total. The summed E-state index contributed by atoms with van der Waals surface area (Å²) in [5.41, 5.74) is 2.97. The van der Waals surface area contributed by atoms with E-state index in [1.807, 2.05) is 26.8 Å². The van der Waals surface area contributed by atoms with Crippen molar-refractivity contribution >= 4 is 33.2 Å². The standard InChI is InChI=1S/C25H33N3O5S/c1-6-24(29)28-12-11-18-15-19(8-9-22(18)28)34(31,32)27-21(13-16(2)3)25(30)26-20-14-17(4)7-10-23(20)33-5/h7-10,14-16,21,27H,6,11-13H2,1-5H3,(H,26,30)/t21-/m0/s1. The monoisotopic (exact) mass is 487 g/mol. The number of carbonyl (C=O) groups is 2. The number of amides is 2. The van der Waals surface area contributed by atoms with Gasteiger partial charge in [0.1, 0.15) is 11.8 Å². The highest BCUT2D eigenvalue weighted by molar-refractivity contribution is 7.89. The van der Waals surface area contributed by atoms with Crippen molar-refractivity contribution in [2.45, 2.75) is 57.9 Å². The zero-order valence-corrected chi connectivity index (χ0v) is 21.2. The Hall–Kier alpha value is -2.91. The summed E-state index contributed by atoms with van der Waals surface area (Å²) in [5, 5.41) is 2.81. The van der Waals surface area contributed by atoms with Crippen molar-refractivity contribution in [1.29, 1.82) is 0 Å². The fourth-order valence-corrected chi connectivity index (χ4v) is 5.33. The van der Waals surface area contributed by atoms with E-state index in [4.69, 9.17) is 4.74 Å². The van der Waals surface area contributed by atoms with Crippen LogP contribution in [0.25, 0.3) is 0 Å². The molecule has 2 N–H and O–H groups in total. The number of sulfonamides is 1. The van der Waals surface area contributed by atoms with E-state index < -0.39 is 22.0 Å². The number of nitrogens with one attached hydrogen (secondary N) is 2. The van der Waals surface area contributed by atoms with Gasteiger partial charge in [0.15, 0.2) is 0 Å². The zero-order valence-electron chi connectivity index (χ0n) is 20.3. The molecule has 1 atom stereocenters. The van der Waals surface area contributed by atoms with E-state index in [-0.39, 0.29) is 16.7 Å². The minimum atomic E-state index is -3.98. The molecule has 2 amide bonds. The van der Waals surface area contributed by atoms with Crippen molar-refractivity contribution in [3.63, 3.8) is 0 Å². The minimum Gasteiger partial charge on any atom is -0.495 e. The van der Waals surface area contributed by atoms with E-state index >= 15 is 0 Å². The molecule has 1 heterocycles. The molecule has 9 heteroatoms. The molecule has 0 aliphatic carbocycles. The summed E-state index contributed by atoms with van der Waals surface area (Å²) < 4.78 is 34.4. The molecule has 0 fully saturated rings. The van der Waals surface area contributed by atoms with Gasteiger partial charge >= 0.3 is 0 Å². The van der Waals surface area contributed by atoms with Crippen LogP contribution in [0.4, 0.5) is 11.4 Å². The van der Waals surface area contributed by atoms with Gasteiger partial charge in [0, 0.05) is 18.7 Å². The summed E-state index contributed by atoms with van der Waals surface area (Å²) in [5.74, 6) is 0.121. The summed E-state index contributed by atoms with van der Waals surface area (Å²) in [6.45, 7) is 8.09. The molecule has 3 rings (SSSR count). The predicted molar refractivity (Wildman–Crippen MR) is 133 cm³/mol. The highest BCUT2D eigenvalue weighted by atomic mass is 32.2. The lowest BCUT2D eigenvalue weighted by atomic mass is 10.0. The molecule has 1 aliphatic heterocycles. The van der Waals surface area contributed by atoms with E-state index in [0.29, 0.717) is 37.2 Å². The van der Waals surface area contributed by atoms with Crippen LogP contribution in [0.5, 0.6) is 5.75 Å². The van der Waals surface area contributed by atoms with Crippen LogP contribution in [0.2, 0.25) is 0 Å². The van der Waals surface area contributed by atoms with Gasteiger partial charge in [0.25, 0.3) is 0 Å². The molecule has 0 saturated carbocycles. The van der Waals surface area contributed by atoms with Gasteiger partial charge in [-0.2, -0.15) is 4.72 Å². The van der Waals surface area contributed by atoms with Crippen LogP contribution in [0.15, 0.2) is 41.3 Å². The van der Waals surface area contributed by atoms with Crippen LogP contribution in [-0.2, 0) is 26.0 Å². The van der Waals surface area contributed by atoms with Crippen molar-refractivity contribution in [1.82, 2.24) is 4.72 Å². The normalized spacial score (nSPS) is 14.1. The van der Waals surface area contributed by atoms with E-state index in [1.165, 1.54) is 13.2 Å². The second kappa shape index (κ2) is 10.6. The number of aryl methyl sites for hydroxylation is 1. The quantitative estimate of drug-likeness (QED) is 0.562.